The lowest BCUT2D eigenvalue weighted by Gasteiger charge is -2.44. The van der Waals surface area contributed by atoms with Crippen LogP contribution in [0, 0.1) is 0 Å². The summed E-state index contributed by atoms with van der Waals surface area (Å²) in [5.74, 6) is 0.215. The molecule has 0 aromatic heterocycles. The molecule has 0 aliphatic carbocycles. The minimum absolute atomic E-state index is 0.164. The third-order valence-corrected chi connectivity index (χ3v) is 3.76. The van der Waals surface area contributed by atoms with Gasteiger partial charge in [-0.15, -0.1) is 0 Å². The Balaban J connectivity index is 2.50. The largest absolute Gasteiger partial charge is 0.396 e. The zero-order valence-electron chi connectivity index (χ0n) is 12.3. The second kappa shape index (κ2) is 6.64. The average Bonchev–Trinajstić information content (AvgIpc) is 2.27. The van der Waals surface area contributed by atoms with Crippen molar-refractivity contribution in [2.75, 3.05) is 32.8 Å². The minimum atomic E-state index is 0.164. The topological polar surface area (TPSA) is 43.8 Å². The zero-order valence-corrected chi connectivity index (χ0v) is 12.3. The van der Waals surface area contributed by atoms with Gasteiger partial charge in [-0.25, -0.2) is 0 Å². The Hall–Kier alpha value is -0.450. The highest BCUT2D eigenvalue weighted by Crippen LogP contribution is 2.19. The number of hydrogen-bond acceptors (Lipinski definition) is 4. The van der Waals surface area contributed by atoms with Crippen LogP contribution in [0.1, 0.15) is 40.5 Å². The van der Waals surface area contributed by atoms with Gasteiger partial charge in [0.15, 0.2) is 0 Å². The predicted octanol–water partition coefficient (Wildman–Crippen LogP) is 1.13. The van der Waals surface area contributed by atoms with E-state index in [1.807, 2.05) is 0 Å². The van der Waals surface area contributed by atoms with Crippen molar-refractivity contribution in [3.63, 3.8) is 0 Å². The van der Waals surface area contributed by atoms with Gasteiger partial charge in [0.25, 0.3) is 0 Å². The lowest BCUT2D eigenvalue weighted by atomic mass is 10.0. The Morgan fingerprint density at radius 1 is 1.22 bits per heavy atom. The molecule has 4 heteroatoms. The number of Topliss-reactive ketones (excluding diaryl/α,β-unsaturated/α-hetero) is 1. The van der Waals surface area contributed by atoms with Crippen LogP contribution in [0.15, 0.2) is 0 Å². The normalized spacial score (nSPS) is 20.9. The zero-order chi connectivity index (χ0) is 13.8. The highest BCUT2D eigenvalue weighted by molar-refractivity contribution is 5.76. The van der Waals surface area contributed by atoms with Gasteiger partial charge in [0.2, 0.25) is 0 Å². The molecule has 4 nitrogen and oxygen atoms in total. The summed E-state index contributed by atoms with van der Waals surface area (Å²) in [6.45, 7) is 12.6. The molecule has 0 amide bonds. The quantitative estimate of drug-likeness (QED) is 0.801. The van der Waals surface area contributed by atoms with E-state index in [2.05, 4.69) is 30.6 Å². The molecule has 0 aromatic carbocycles. The van der Waals surface area contributed by atoms with Crippen LogP contribution < -0.4 is 0 Å². The first-order valence-electron chi connectivity index (χ1n) is 6.94. The number of aliphatic hydroxyl groups is 1. The fourth-order valence-corrected chi connectivity index (χ4v) is 2.65. The molecule has 0 saturated carbocycles. The first-order chi connectivity index (χ1) is 8.34. The van der Waals surface area contributed by atoms with Crippen molar-refractivity contribution in [1.82, 2.24) is 9.80 Å². The van der Waals surface area contributed by atoms with Crippen molar-refractivity contribution in [3.8, 4) is 0 Å². The van der Waals surface area contributed by atoms with Crippen LogP contribution in [0.3, 0.4) is 0 Å². The molecule has 0 radical (unpaired) electrons. The van der Waals surface area contributed by atoms with E-state index >= 15 is 0 Å². The standard InChI is InChI=1S/C14H28N2O2/c1-12(18)11-13(5-10-17)15-6-8-16(9-7-15)14(2,3)4/h13,17H,5-11H2,1-4H3. The Bertz CT molecular complexity index is 265. The van der Waals surface area contributed by atoms with Gasteiger partial charge in [0.1, 0.15) is 5.78 Å². The van der Waals surface area contributed by atoms with Gasteiger partial charge in [-0.3, -0.25) is 14.6 Å². The third kappa shape index (κ3) is 4.67. The van der Waals surface area contributed by atoms with Crippen molar-refractivity contribution in [2.45, 2.75) is 52.1 Å². The summed E-state index contributed by atoms with van der Waals surface area (Å²) in [7, 11) is 0. The van der Waals surface area contributed by atoms with Crippen molar-refractivity contribution >= 4 is 5.78 Å². The van der Waals surface area contributed by atoms with E-state index in [4.69, 9.17) is 5.11 Å². The molecule has 1 N–H and O–H groups in total. The Labute approximate surface area is 111 Å². The third-order valence-electron chi connectivity index (χ3n) is 3.76. The number of aliphatic hydroxyl groups excluding tert-OH is 1. The maximum atomic E-state index is 11.3. The first kappa shape index (κ1) is 15.6. The number of nitrogens with zero attached hydrogens (tertiary/aromatic N) is 2. The van der Waals surface area contributed by atoms with Crippen LogP contribution >= 0.6 is 0 Å². The maximum absolute atomic E-state index is 11.3. The van der Waals surface area contributed by atoms with E-state index in [-0.39, 0.29) is 24.0 Å². The fraction of sp³-hybridized carbons (Fsp3) is 0.929. The summed E-state index contributed by atoms with van der Waals surface area (Å²) in [5.41, 5.74) is 0.221. The molecular weight excluding hydrogens is 228 g/mol. The van der Waals surface area contributed by atoms with Gasteiger partial charge in [-0.2, -0.15) is 0 Å². The van der Waals surface area contributed by atoms with Crippen LogP contribution in [-0.2, 0) is 4.79 Å². The van der Waals surface area contributed by atoms with Crippen molar-refractivity contribution in [3.05, 3.63) is 0 Å². The van der Waals surface area contributed by atoms with E-state index in [9.17, 15) is 4.79 Å². The molecular formula is C14H28N2O2. The molecule has 18 heavy (non-hydrogen) atoms. The first-order valence-corrected chi connectivity index (χ1v) is 6.94. The molecule has 1 rings (SSSR count). The highest BCUT2D eigenvalue weighted by Gasteiger charge is 2.29. The van der Waals surface area contributed by atoms with Gasteiger partial charge in [0, 0.05) is 50.8 Å². The Kier molecular flexibility index (Phi) is 5.76. The Morgan fingerprint density at radius 2 is 1.78 bits per heavy atom. The lowest BCUT2D eigenvalue weighted by Crippen LogP contribution is -2.55. The second-order valence-corrected chi connectivity index (χ2v) is 6.27. The molecule has 0 aromatic rings. The van der Waals surface area contributed by atoms with Crippen LogP contribution in [0.25, 0.3) is 0 Å². The van der Waals surface area contributed by atoms with Gasteiger partial charge < -0.3 is 5.11 Å². The minimum Gasteiger partial charge on any atom is -0.396 e. The summed E-state index contributed by atoms with van der Waals surface area (Å²) >= 11 is 0. The molecule has 1 heterocycles. The van der Waals surface area contributed by atoms with Crippen molar-refractivity contribution in [1.29, 1.82) is 0 Å². The molecule has 106 valence electrons. The lowest BCUT2D eigenvalue weighted by molar-refractivity contribution is -0.118. The molecule has 1 aliphatic heterocycles. The molecule has 1 fully saturated rings. The van der Waals surface area contributed by atoms with Crippen LogP contribution in [0.4, 0.5) is 0 Å². The molecule has 0 bridgehead atoms. The van der Waals surface area contributed by atoms with Gasteiger partial charge >= 0.3 is 0 Å². The van der Waals surface area contributed by atoms with Gasteiger partial charge in [-0.05, 0) is 34.1 Å². The van der Waals surface area contributed by atoms with E-state index in [0.29, 0.717) is 12.8 Å². The number of carbonyl (C=O) groups is 1. The molecule has 0 spiro atoms. The monoisotopic (exact) mass is 256 g/mol. The number of piperazine rings is 1. The highest BCUT2D eigenvalue weighted by atomic mass is 16.3. The maximum Gasteiger partial charge on any atom is 0.131 e. The summed E-state index contributed by atoms with van der Waals surface area (Å²) in [5, 5.41) is 9.11. The number of rotatable bonds is 5. The average molecular weight is 256 g/mol. The van der Waals surface area contributed by atoms with E-state index in [1.54, 1.807) is 6.92 Å². The Morgan fingerprint density at radius 3 is 2.17 bits per heavy atom. The smallest absolute Gasteiger partial charge is 0.131 e. The number of hydrogen-bond donors (Lipinski definition) is 1. The van der Waals surface area contributed by atoms with Crippen molar-refractivity contribution in [2.24, 2.45) is 0 Å². The second-order valence-electron chi connectivity index (χ2n) is 6.27. The molecule has 1 saturated heterocycles. The van der Waals surface area contributed by atoms with E-state index < -0.39 is 0 Å². The fourth-order valence-electron chi connectivity index (χ4n) is 2.65. The SMILES string of the molecule is CC(=O)CC(CCO)N1CCN(C(C)(C)C)CC1. The van der Waals surface area contributed by atoms with Crippen LogP contribution in [-0.4, -0.2) is 65.1 Å². The van der Waals surface area contributed by atoms with E-state index in [0.717, 1.165) is 26.2 Å². The van der Waals surface area contributed by atoms with E-state index in [1.165, 1.54) is 0 Å². The molecule has 1 atom stereocenters. The summed E-state index contributed by atoms with van der Waals surface area (Å²) in [6.07, 6.45) is 1.27. The summed E-state index contributed by atoms with van der Waals surface area (Å²) < 4.78 is 0. The number of carbonyl (C=O) groups excluding carboxylic acids is 1. The van der Waals surface area contributed by atoms with Gasteiger partial charge in [0.05, 0.1) is 0 Å². The van der Waals surface area contributed by atoms with Crippen molar-refractivity contribution < 1.29 is 9.90 Å². The molecule has 1 unspecified atom stereocenters. The molecule has 1 aliphatic rings. The van der Waals surface area contributed by atoms with Crippen LogP contribution in [0.5, 0.6) is 0 Å². The summed E-state index contributed by atoms with van der Waals surface area (Å²) in [6, 6.07) is 0.217. The predicted molar refractivity (Wildman–Crippen MR) is 73.7 cm³/mol. The van der Waals surface area contributed by atoms with Gasteiger partial charge in [-0.1, -0.05) is 0 Å². The number of ketones is 1. The summed E-state index contributed by atoms with van der Waals surface area (Å²) in [4.78, 5) is 16.1. The van der Waals surface area contributed by atoms with Crippen LogP contribution in [0.2, 0.25) is 0 Å².